The molecule has 1 heterocycles. The van der Waals surface area contributed by atoms with Crippen LogP contribution in [-0.4, -0.2) is 11.6 Å². The Kier molecular flexibility index (Phi) is 3.99. The fourth-order valence-electron chi connectivity index (χ4n) is 0.889. The highest BCUT2D eigenvalue weighted by molar-refractivity contribution is 5.06. The van der Waals surface area contributed by atoms with E-state index in [2.05, 4.69) is 11.6 Å². The quantitative estimate of drug-likeness (QED) is 0.549. The van der Waals surface area contributed by atoms with Gasteiger partial charge >= 0.3 is 0 Å². The second-order valence-corrected chi connectivity index (χ2v) is 2.69. The van der Waals surface area contributed by atoms with Crippen LogP contribution < -0.4 is 5.56 Å². The van der Waals surface area contributed by atoms with Crippen molar-refractivity contribution in [3.05, 3.63) is 46.9 Å². The number of ether oxygens (including phenoxy) is 1. The summed E-state index contributed by atoms with van der Waals surface area (Å²) in [5.41, 5.74) is 0.888. The third kappa shape index (κ3) is 3.71. The van der Waals surface area contributed by atoms with Gasteiger partial charge in [-0.05, 0) is 18.1 Å². The molecule has 1 aromatic heterocycles. The largest absolute Gasteiger partial charge is 0.376 e. The number of pyridine rings is 1. The minimum atomic E-state index is -0.0881. The summed E-state index contributed by atoms with van der Waals surface area (Å²) in [7, 11) is 0. The third-order valence-corrected chi connectivity index (χ3v) is 1.58. The van der Waals surface area contributed by atoms with Gasteiger partial charge in [0.05, 0.1) is 13.2 Å². The monoisotopic (exact) mass is 179 g/mol. The van der Waals surface area contributed by atoms with Crippen molar-refractivity contribution >= 4 is 0 Å². The Morgan fingerprint density at radius 3 is 3.00 bits per heavy atom. The summed E-state index contributed by atoms with van der Waals surface area (Å²) in [4.78, 5) is 13.3. The molecule has 0 aliphatic heterocycles. The van der Waals surface area contributed by atoms with Crippen LogP contribution in [0.3, 0.4) is 0 Å². The lowest BCUT2D eigenvalue weighted by Crippen LogP contribution is -2.04. The van der Waals surface area contributed by atoms with Gasteiger partial charge in [0.1, 0.15) is 0 Å². The van der Waals surface area contributed by atoms with E-state index in [1.165, 1.54) is 6.07 Å². The Morgan fingerprint density at radius 2 is 2.38 bits per heavy atom. The Morgan fingerprint density at radius 1 is 1.54 bits per heavy atom. The van der Waals surface area contributed by atoms with Gasteiger partial charge in [0.25, 0.3) is 0 Å². The summed E-state index contributed by atoms with van der Waals surface area (Å²) >= 11 is 0. The van der Waals surface area contributed by atoms with Gasteiger partial charge in [-0.1, -0.05) is 6.08 Å². The maximum absolute atomic E-state index is 10.7. The van der Waals surface area contributed by atoms with Gasteiger partial charge in [0, 0.05) is 12.3 Å². The zero-order valence-electron chi connectivity index (χ0n) is 7.45. The summed E-state index contributed by atoms with van der Waals surface area (Å²) in [6.45, 7) is 4.79. The predicted molar refractivity (Wildman–Crippen MR) is 51.5 cm³/mol. The van der Waals surface area contributed by atoms with Crippen molar-refractivity contribution in [2.45, 2.75) is 13.0 Å². The Hall–Kier alpha value is -1.35. The average molecular weight is 179 g/mol. The summed E-state index contributed by atoms with van der Waals surface area (Å²) in [6, 6.07) is 3.25. The number of hydrogen-bond acceptors (Lipinski definition) is 2. The SMILES string of the molecule is C=CCCOCc1ccc(=O)[nH]c1. The van der Waals surface area contributed by atoms with Crippen molar-refractivity contribution in [2.24, 2.45) is 0 Å². The normalized spacial score (nSPS) is 9.85. The van der Waals surface area contributed by atoms with E-state index in [1.807, 2.05) is 6.08 Å². The number of hydrogen-bond donors (Lipinski definition) is 1. The summed E-state index contributed by atoms with van der Waals surface area (Å²) in [5, 5.41) is 0. The van der Waals surface area contributed by atoms with E-state index in [0.717, 1.165) is 12.0 Å². The lowest BCUT2D eigenvalue weighted by Gasteiger charge is -2.01. The van der Waals surface area contributed by atoms with Crippen LogP contribution in [0.5, 0.6) is 0 Å². The molecule has 0 aliphatic carbocycles. The molecular formula is C10H13NO2. The fourth-order valence-corrected chi connectivity index (χ4v) is 0.889. The smallest absolute Gasteiger partial charge is 0.247 e. The molecule has 70 valence electrons. The molecule has 0 fully saturated rings. The minimum absolute atomic E-state index is 0.0881. The minimum Gasteiger partial charge on any atom is -0.376 e. The van der Waals surface area contributed by atoms with Gasteiger partial charge in [0.15, 0.2) is 0 Å². The van der Waals surface area contributed by atoms with Crippen molar-refractivity contribution in [1.82, 2.24) is 4.98 Å². The molecule has 0 aromatic carbocycles. The van der Waals surface area contributed by atoms with E-state index in [-0.39, 0.29) is 5.56 Å². The molecule has 3 nitrogen and oxygen atoms in total. The van der Waals surface area contributed by atoms with E-state index in [4.69, 9.17) is 4.74 Å². The van der Waals surface area contributed by atoms with Gasteiger partial charge in [-0.15, -0.1) is 6.58 Å². The number of aromatic amines is 1. The van der Waals surface area contributed by atoms with E-state index >= 15 is 0 Å². The standard InChI is InChI=1S/C10H13NO2/c1-2-3-6-13-8-9-4-5-10(12)11-7-9/h2,4-5,7H,1,3,6,8H2,(H,11,12). The Bertz CT molecular complexity index is 296. The second kappa shape index (κ2) is 5.32. The molecule has 13 heavy (non-hydrogen) atoms. The highest BCUT2D eigenvalue weighted by atomic mass is 16.5. The van der Waals surface area contributed by atoms with E-state index in [0.29, 0.717) is 13.2 Å². The summed E-state index contributed by atoms with van der Waals surface area (Å²) < 4.78 is 5.31. The van der Waals surface area contributed by atoms with E-state index < -0.39 is 0 Å². The molecule has 0 aliphatic rings. The van der Waals surface area contributed by atoms with Crippen LogP contribution in [0.4, 0.5) is 0 Å². The van der Waals surface area contributed by atoms with E-state index in [1.54, 1.807) is 12.3 Å². The molecule has 0 bridgehead atoms. The van der Waals surface area contributed by atoms with Gasteiger partial charge in [0.2, 0.25) is 5.56 Å². The molecule has 0 unspecified atom stereocenters. The molecule has 1 aromatic rings. The van der Waals surface area contributed by atoms with Crippen LogP contribution in [0.15, 0.2) is 35.8 Å². The maximum Gasteiger partial charge on any atom is 0.247 e. The number of nitrogens with one attached hydrogen (secondary N) is 1. The first kappa shape index (κ1) is 9.74. The molecule has 0 atom stereocenters. The van der Waals surface area contributed by atoms with Crippen molar-refractivity contribution in [3.63, 3.8) is 0 Å². The first-order chi connectivity index (χ1) is 6.33. The van der Waals surface area contributed by atoms with E-state index in [9.17, 15) is 4.79 Å². The van der Waals surface area contributed by atoms with Gasteiger partial charge in [-0.25, -0.2) is 0 Å². The molecule has 1 rings (SSSR count). The van der Waals surface area contributed by atoms with Crippen molar-refractivity contribution in [3.8, 4) is 0 Å². The van der Waals surface area contributed by atoms with Crippen molar-refractivity contribution in [2.75, 3.05) is 6.61 Å². The van der Waals surface area contributed by atoms with Gasteiger partial charge < -0.3 is 9.72 Å². The molecule has 0 amide bonds. The molecule has 0 spiro atoms. The number of H-pyrrole nitrogens is 1. The third-order valence-electron chi connectivity index (χ3n) is 1.58. The highest BCUT2D eigenvalue weighted by Gasteiger charge is 1.91. The predicted octanol–water partition coefficient (Wildman–Crippen LogP) is 1.47. The number of rotatable bonds is 5. The molecule has 0 saturated carbocycles. The summed E-state index contributed by atoms with van der Waals surface area (Å²) in [6.07, 6.45) is 4.33. The maximum atomic E-state index is 10.7. The van der Waals surface area contributed by atoms with Gasteiger partial charge in [-0.3, -0.25) is 4.79 Å². The lowest BCUT2D eigenvalue weighted by atomic mass is 10.3. The zero-order chi connectivity index (χ0) is 9.52. The van der Waals surface area contributed by atoms with Crippen molar-refractivity contribution < 1.29 is 4.74 Å². The van der Waals surface area contributed by atoms with Crippen molar-refractivity contribution in [1.29, 1.82) is 0 Å². The van der Waals surface area contributed by atoms with Crippen LogP contribution in [0, 0.1) is 0 Å². The fraction of sp³-hybridized carbons (Fsp3) is 0.300. The molecule has 0 saturated heterocycles. The van der Waals surface area contributed by atoms with Crippen LogP contribution in [0.2, 0.25) is 0 Å². The lowest BCUT2D eigenvalue weighted by molar-refractivity contribution is 0.125. The molecule has 1 N–H and O–H groups in total. The van der Waals surface area contributed by atoms with Gasteiger partial charge in [-0.2, -0.15) is 0 Å². The van der Waals surface area contributed by atoms with Crippen LogP contribution in [0.1, 0.15) is 12.0 Å². The summed E-state index contributed by atoms with van der Waals surface area (Å²) in [5.74, 6) is 0. The number of aromatic nitrogens is 1. The average Bonchev–Trinajstić information content (AvgIpc) is 2.15. The first-order valence-corrected chi connectivity index (χ1v) is 4.19. The van der Waals surface area contributed by atoms with Crippen LogP contribution >= 0.6 is 0 Å². The zero-order valence-corrected chi connectivity index (χ0v) is 7.45. The Labute approximate surface area is 77.1 Å². The molecular weight excluding hydrogens is 166 g/mol. The molecule has 3 heteroatoms. The van der Waals surface area contributed by atoms with Crippen LogP contribution in [-0.2, 0) is 11.3 Å². The second-order valence-electron chi connectivity index (χ2n) is 2.69. The first-order valence-electron chi connectivity index (χ1n) is 4.19. The highest BCUT2D eigenvalue weighted by Crippen LogP contribution is 1.96. The Balaban J connectivity index is 2.33. The van der Waals surface area contributed by atoms with Crippen LogP contribution in [0.25, 0.3) is 0 Å². The molecule has 0 radical (unpaired) electrons. The topological polar surface area (TPSA) is 42.1 Å².